The van der Waals surface area contributed by atoms with Gasteiger partial charge in [-0.1, -0.05) is 42.5 Å². The first-order valence-corrected chi connectivity index (χ1v) is 8.73. The molecule has 146 valence electrons. The lowest BCUT2D eigenvalue weighted by Crippen LogP contribution is -2.38. The van der Waals surface area contributed by atoms with Crippen molar-refractivity contribution in [2.45, 2.75) is 19.9 Å². The van der Waals surface area contributed by atoms with Gasteiger partial charge in [0.05, 0.1) is 6.54 Å². The molecule has 2 aromatic rings. The van der Waals surface area contributed by atoms with E-state index in [0.29, 0.717) is 12.3 Å². The van der Waals surface area contributed by atoms with E-state index in [9.17, 15) is 4.79 Å². The molecule has 6 nitrogen and oxygen atoms in total. The van der Waals surface area contributed by atoms with Crippen molar-refractivity contribution < 1.29 is 9.53 Å². The molecule has 0 bridgehead atoms. The SMILES string of the molecule is CCNC(=NCc1ccccc1)NCCc1ccc(OCC(N)=O)cc1.I. The molecule has 0 aliphatic rings. The van der Waals surface area contributed by atoms with Crippen LogP contribution in [0.15, 0.2) is 59.6 Å². The maximum Gasteiger partial charge on any atom is 0.255 e. The molecule has 0 saturated heterocycles. The first kappa shape index (κ1) is 22.8. The van der Waals surface area contributed by atoms with Crippen LogP contribution in [0.4, 0.5) is 0 Å². The summed E-state index contributed by atoms with van der Waals surface area (Å²) in [6, 6.07) is 17.8. The molecule has 1 amide bonds. The minimum absolute atomic E-state index is 0. The van der Waals surface area contributed by atoms with Crippen molar-refractivity contribution in [2.24, 2.45) is 10.7 Å². The third-order valence-corrected chi connectivity index (χ3v) is 3.62. The Labute approximate surface area is 177 Å². The molecule has 0 heterocycles. The fourth-order valence-electron chi connectivity index (χ4n) is 2.33. The quantitative estimate of drug-likeness (QED) is 0.291. The Morgan fingerprint density at radius 1 is 1.04 bits per heavy atom. The lowest BCUT2D eigenvalue weighted by molar-refractivity contribution is -0.119. The van der Waals surface area contributed by atoms with Crippen LogP contribution in [-0.4, -0.2) is 31.6 Å². The van der Waals surface area contributed by atoms with Gasteiger partial charge in [-0.25, -0.2) is 4.99 Å². The lowest BCUT2D eigenvalue weighted by atomic mass is 10.1. The zero-order chi connectivity index (χ0) is 18.6. The van der Waals surface area contributed by atoms with Gasteiger partial charge in [-0.3, -0.25) is 4.79 Å². The number of aliphatic imine (C=N–C) groups is 1. The molecule has 0 spiro atoms. The van der Waals surface area contributed by atoms with Crippen LogP contribution in [-0.2, 0) is 17.8 Å². The Morgan fingerprint density at radius 3 is 2.37 bits per heavy atom. The highest BCUT2D eigenvalue weighted by Crippen LogP contribution is 2.12. The maximum atomic E-state index is 10.7. The second-order valence-electron chi connectivity index (χ2n) is 5.76. The number of hydrogen-bond donors (Lipinski definition) is 3. The average Bonchev–Trinajstić information content (AvgIpc) is 2.66. The Bertz CT molecular complexity index is 706. The summed E-state index contributed by atoms with van der Waals surface area (Å²) < 4.78 is 5.25. The van der Waals surface area contributed by atoms with Crippen molar-refractivity contribution in [1.82, 2.24) is 10.6 Å². The Hall–Kier alpha value is -2.29. The van der Waals surface area contributed by atoms with Gasteiger partial charge >= 0.3 is 0 Å². The average molecular weight is 482 g/mol. The highest BCUT2D eigenvalue weighted by Gasteiger charge is 2.00. The predicted molar refractivity (Wildman–Crippen MR) is 120 cm³/mol. The molecule has 0 aliphatic carbocycles. The summed E-state index contributed by atoms with van der Waals surface area (Å²) >= 11 is 0. The fraction of sp³-hybridized carbons (Fsp3) is 0.300. The van der Waals surface area contributed by atoms with Crippen molar-refractivity contribution in [3.8, 4) is 5.75 Å². The Morgan fingerprint density at radius 2 is 1.74 bits per heavy atom. The first-order chi connectivity index (χ1) is 12.7. The van der Waals surface area contributed by atoms with E-state index in [0.717, 1.165) is 25.5 Å². The van der Waals surface area contributed by atoms with Crippen LogP contribution in [0.1, 0.15) is 18.1 Å². The van der Waals surface area contributed by atoms with Crippen LogP contribution in [0.2, 0.25) is 0 Å². The van der Waals surface area contributed by atoms with E-state index in [1.165, 1.54) is 11.1 Å². The van der Waals surface area contributed by atoms with Crippen molar-refractivity contribution in [1.29, 1.82) is 0 Å². The number of carbonyl (C=O) groups is 1. The van der Waals surface area contributed by atoms with Gasteiger partial charge in [0.25, 0.3) is 5.91 Å². The van der Waals surface area contributed by atoms with Gasteiger partial charge < -0.3 is 21.1 Å². The maximum absolute atomic E-state index is 10.7. The number of ether oxygens (including phenoxy) is 1. The summed E-state index contributed by atoms with van der Waals surface area (Å²) in [4.78, 5) is 15.3. The van der Waals surface area contributed by atoms with E-state index in [1.54, 1.807) is 0 Å². The van der Waals surface area contributed by atoms with Gasteiger partial charge in [0, 0.05) is 13.1 Å². The third-order valence-electron chi connectivity index (χ3n) is 3.62. The molecular formula is C20H27IN4O2. The van der Waals surface area contributed by atoms with E-state index < -0.39 is 5.91 Å². The normalized spacial score (nSPS) is 10.6. The zero-order valence-electron chi connectivity index (χ0n) is 15.5. The molecular weight excluding hydrogens is 455 g/mol. The van der Waals surface area contributed by atoms with Gasteiger partial charge in [-0.15, -0.1) is 24.0 Å². The van der Waals surface area contributed by atoms with Crippen LogP contribution < -0.4 is 21.1 Å². The molecule has 0 fully saturated rings. The van der Waals surface area contributed by atoms with E-state index in [2.05, 4.69) is 27.8 Å². The lowest BCUT2D eigenvalue weighted by Gasteiger charge is -2.11. The zero-order valence-corrected chi connectivity index (χ0v) is 17.8. The van der Waals surface area contributed by atoms with E-state index in [4.69, 9.17) is 10.5 Å². The molecule has 0 radical (unpaired) electrons. The predicted octanol–water partition coefficient (Wildman–Crippen LogP) is 2.47. The first-order valence-electron chi connectivity index (χ1n) is 8.73. The molecule has 0 saturated carbocycles. The number of guanidine groups is 1. The molecule has 0 atom stereocenters. The number of amides is 1. The second kappa shape index (κ2) is 13.0. The number of nitrogens with zero attached hydrogens (tertiary/aromatic N) is 1. The van der Waals surface area contributed by atoms with Gasteiger partial charge in [0.1, 0.15) is 5.75 Å². The summed E-state index contributed by atoms with van der Waals surface area (Å²) in [5.74, 6) is 0.958. The summed E-state index contributed by atoms with van der Waals surface area (Å²) in [7, 11) is 0. The van der Waals surface area contributed by atoms with E-state index in [-0.39, 0.29) is 30.6 Å². The molecule has 27 heavy (non-hydrogen) atoms. The monoisotopic (exact) mass is 482 g/mol. The number of hydrogen-bond acceptors (Lipinski definition) is 3. The van der Waals surface area contributed by atoms with Gasteiger partial charge in [0.15, 0.2) is 12.6 Å². The minimum Gasteiger partial charge on any atom is -0.484 e. The molecule has 7 heteroatoms. The minimum atomic E-state index is -0.482. The highest BCUT2D eigenvalue weighted by atomic mass is 127. The number of carbonyl (C=O) groups excluding carboxylic acids is 1. The van der Waals surface area contributed by atoms with Crippen LogP contribution in [0, 0.1) is 0 Å². The van der Waals surface area contributed by atoms with E-state index in [1.807, 2.05) is 49.4 Å². The van der Waals surface area contributed by atoms with E-state index >= 15 is 0 Å². The topological polar surface area (TPSA) is 88.7 Å². The summed E-state index contributed by atoms with van der Waals surface area (Å²) in [6.07, 6.45) is 0.853. The Kier molecular flexibility index (Phi) is 10.9. The van der Waals surface area contributed by atoms with Crippen LogP contribution in [0.5, 0.6) is 5.75 Å². The molecule has 0 aromatic heterocycles. The molecule has 0 aliphatic heterocycles. The van der Waals surface area contributed by atoms with Crippen molar-refractivity contribution >= 4 is 35.8 Å². The standard InChI is InChI=1S/C20H26N4O2.HI/c1-2-22-20(24-14-17-6-4-3-5-7-17)23-13-12-16-8-10-18(11-9-16)26-15-19(21)25;/h3-11H,2,12-15H2,1H3,(H2,21,25)(H2,22,23,24);1H. The van der Waals surface area contributed by atoms with Crippen molar-refractivity contribution in [3.05, 3.63) is 65.7 Å². The van der Waals surface area contributed by atoms with Crippen LogP contribution in [0.25, 0.3) is 0 Å². The molecule has 4 N–H and O–H groups in total. The number of nitrogens with one attached hydrogen (secondary N) is 2. The number of benzene rings is 2. The number of halogens is 1. The molecule has 0 unspecified atom stereocenters. The third kappa shape index (κ3) is 9.28. The van der Waals surface area contributed by atoms with Crippen molar-refractivity contribution in [3.63, 3.8) is 0 Å². The van der Waals surface area contributed by atoms with Gasteiger partial charge in [-0.2, -0.15) is 0 Å². The summed E-state index contributed by atoms with van der Waals surface area (Å²) in [6.45, 7) is 4.16. The molecule has 2 aromatic carbocycles. The van der Waals surface area contributed by atoms with Crippen LogP contribution in [0.3, 0.4) is 0 Å². The number of rotatable bonds is 9. The van der Waals surface area contributed by atoms with Crippen molar-refractivity contribution in [2.75, 3.05) is 19.7 Å². The smallest absolute Gasteiger partial charge is 0.255 e. The van der Waals surface area contributed by atoms with Gasteiger partial charge in [0.2, 0.25) is 0 Å². The highest BCUT2D eigenvalue weighted by molar-refractivity contribution is 14.0. The summed E-state index contributed by atoms with van der Waals surface area (Å²) in [5, 5.41) is 6.59. The second-order valence-corrected chi connectivity index (χ2v) is 5.76. The van der Waals surface area contributed by atoms with Gasteiger partial charge in [-0.05, 0) is 36.6 Å². The Balaban J connectivity index is 0.00000364. The molecule has 2 rings (SSSR count). The fourth-order valence-corrected chi connectivity index (χ4v) is 2.33. The number of nitrogens with two attached hydrogens (primary N) is 1. The van der Waals surface area contributed by atoms with Crippen LogP contribution >= 0.6 is 24.0 Å². The largest absolute Gasteiger partial charge is 0.484 e. The number of primary amides is 1. The summed E-state index contributed by atoms with van der Waals surface area (Å²) in [5.41, 5.74) is 7.41.